The first-order valence-corrected chi connectivity index (χ1v) is 17.7. The summed E-state index contributed by atoms with van der Waals surface area (Å²) in [6.07, 6.45) is 9.47. The molecule has 1 saturated carbocycles. The van der Waals surface area contributed by atoms with Gasteiger partial charge in [0.25, 0.3) is 5.69 Å². The second-order valence-corrected chi connectivity index (χ2v) is 13.9. The summed E-state index contributed by atoms with van der Waals surface area (Å²) in [5.41, 5.74) is 3.56. The number of oxime groups is 1. The Morgan fingerprint density at radius 3 is 2.55 bits per heavy atom. The fourth-order valence-corrected chi connectivity index (χ4v) is 8.76. The van der Waals surface area contributed by atoms with E-state index < -0.39 is 10.7 Å². The van der Waals surface area contributed by atoms with Gasteiger partial charge in [-0.25, -0.2) is 0 Å². The van der Waals surface area contributed by atoms with Crippen molar-refractivity contribution in [2.75, 3.05) is 25.6 Å². The number of benzene rings is 2. The maximum atomic E-state index is 11.1. The van der Waals surface area contributed by atoms with Gasteiger partial charge in [0.15, 0.2) is 0 Å². The second kappa shape index (κ2) is 16.1. The molecular weight excluding hydrogens is 620 g/mol. The van der Waals surface area contributed by atoms with Crippen molar-refractivity contribution >= 4 is 23.2 Å². The number of hydrogen-bond acceptors (Lipinski definition) is 10. The Bertz CT molecular complexity index is 1450. The van der Waals surface area contributed by atoms with Gasteiger partial charge in [0.2, 0.25) is 5.79 Å². The molecule has 0 saturated heterocycles. The lowest BCUT2D eigenvalue weighted by molar-refractivity contribution is -0.384. The summed E-state index contributed by atoms with van der Waals surface area (Å²) in [7, 11) is 0. The first kappa shape index (κ1) is 34.9. The van der Waals surface area contributed by atoms with Gasteiger partial charge in [-0.3, -0.25) is 10.1 Å². The number of aliphatic hydroxyl groups excluding tert-OH is 2. The van der Waals surface area contributed by atoms with E-state index in [2.05, 4.69) is 19.6 Å². The van der Waals surface area contributed by atoms with Gasteiger partial charge in [-0.1, -0.05) is 37.1 Å². The number of rotatable bonds is 17. The molecule has 0 spiro atoms. The average molecular weight is 667 g/mol. The number of aromatic hydroxyl groups is 1. The first-order valence-electron chi connectivity index (χ1n) is 16.6. The van der Waals surface area contributed by atoms with Crippen LogP contribution >= 0.6 is 11.8 Å². The van der Waals surface area contributed by atoms with Gasteiger partial charge in [0.1, 0.15) is 18.1 Å². The maximum absolute atomic E-state index is 11.1. The van der Waals surface area contributed by atoms with Crippen LogP contribution in [0.1, 0.15) is 68.9 Å². The van der Waals surface area contributed by atoms with Crippen LogP contribution < -0.4 is 4.74 Å². The van der Waals surface area contributed by atoms with Gasteiger partial charge < -0.3 is 29.6 Å². The molecule has 0 unspecified atom stereocenters. The Labute approximate surface area is 280 Å². The molecule has 3 aliphatic rings. The molecule has 0 radical (unpaired) electrons. The number of allylic oxidation sites excluding steroid dienone is 1. The summed E-state index contributed by atoms with van der Waals surface area (Å²) in [5, 5.41) is 45.7. The molecule has 0 aromatic heterocycles. The highest BCUT2D eigenvalue weighted by Gasteiger charge is 2.63. The summed E-state index contributed by atoms with van der Waals surface area (Å²) in [6.45, 7) is 6.76. The number of fused-ring (bicyclic) bond motifs is 2. The molecule has 0 bridgehead atoms. The zero-order chi connectivity index (χ0) is 33.4. The predicted molar refractivity (Wildman–Crippen MR) is 183 cm³/mol. The van der Waals surface area contributed by atoms with Crippen molar-refractivity contribution in [2.45, 2.75) is 75.4 Å². The monoisotopic (exact) mass is 666 g/mol. The number of thioether (sulfide) groups is 1. The smallest absolute Gasteiger partial charge is 0.269 e. The van der Waals surface area contributed by atoms with Gasteiger partial charge in [0, 0.05) is 43.2 Å². The van der Waals surface area contributed by atoms with Gasteiger partial charge in [0.05, 0.1) is 28.4 Å². The van der Waals surface area contributed by atoms with E-state index in [-0.39, 0.29) is 60.2 Å². The molecule has 10 nitrogen and oxygen atoms in total. The van der Waals surface area contributed by atoms with Gasteiger partial charge >= 0.3 is 0 Å². The van der Waals surface area contributed by atoms with Crippen molar-refractivity contribution in [1.82, 2.24) is 0 Å². The number of nitro benzene ring substituents is 1. The minimum Gasteiger partial charge on any atom is -0.508 e. The fraction of sp³-hybridized carbons (Fsp3) is 0.528. The van der Waals surface area contributed by atoms with Crippen LogP contribution in [0.5, 0.6) is 11.5 Å². The van der Waals surface area contributed by atoms with Crippen LogP contribution in [-0.4, -0.2) is 62.6 Å². The lowest BCUT2D eigenvalue weighted by Gasteiger charge is -2.58. The molecule has 3 N–H and O–H groups in total. The van der Waals surface area contributed by atoms with Crippen molar-refractivity contribution in [2.24, 2.45) is 22.9 Å². The molecule has 1 aliphatic heterocycles. The summed E-state index contributed by atoms with van der Waals surface area (Å²) >= 11 is 1.76. The van der Waals surface area contributed by atoms with E-state index in [9.17, 15) is 25.4 Å². The highest BCUT2D eigenvalue weighted by molar-refractivity contribution is 8.00. The average Bonchev–Trinajstić information content (AvgIpc) is 3.07. The lowest BCUT2D eigenvalue weighted by atomic mass is 9.56. The number of non-ortho nitro benzene ring substituents is 1. The van der Waals surface area contributed by atoms with Crippen LogP contribution in [-0.2, 0) is 16.2 Å². The number of unbranched alkanes of at least 4 members (excludes halogenated alkanes) is 2. The van der Waals surface area contributed by atoms with Gasteiger partial charge in [-0.05, 0) is 84.7 Å². The van der Waals surface area contributed by atoms with E-state index in [1.807, 2.05) is 12.1 Å². The topological polar surface area (TPSA) is 144 Å². The minimum absolute atomic E-state index is 0.0189. The molecule has 1 heterocycles. The normalized spacial score (nSPS) is 26.9. The molecule has 5 rings (SSSR count). The number of phenols is 1. The summed E-state index contributed by atoms with van der Waals surface area (Å²) in [4.78, 5) is 16.6. The Balaban J connectivity index is 1.63. The molecule has 6 atom stereocenters. The van der Waals surface area contributed by atoms with Gasteiger partial charge in [-0.2, -0.15) is 11.8 Å². The highest BCUT2D eigenvalue weighted by atomic mass is 32.2. The van der Waals surface area contributed by atoms with Crippen LogP contribution in [0.25, 0.3) is 0 Å². The van der Waals surface area contributed by atoms with Crippen LogP contribution in [0.15, 0.2) is 71.9 Å². The van der Waals surface area contributed by atoms with Crippen LogP contribution in [0.4, 0.5) is 5.69 Å². The zero-order valence-electron chi connectivity index (χ0n) is 27.0. The Morgan fingerprint density at radius 1 is 1.13 bits per heavy atom. The number of ether oxygens (including phenoxy) is 2. The first-order chi connectivity index (χ1) is 22.9. The van der Waals surface area contributed by atoms with Crippen molar-refractivity contribution in [3.05, 3.63) is 88.0 Å². The molecule has 2 aromatic carbocycles. The fourth-order valence-electron chi connectivity index (χ4n) is 7.59. The third-order valence-electron chi connectivity index (χ3n) is 9.55. The largest absolute Gasteiger partial charge is 0.508 e. The number of phenolic OH excluding ortho intramolecular Hbond substituents is 1. The van der Waals surface area contributed by atoms with E-state index in [0.717, 1.165) is 53.8 Å². The van der Waals surface area contributed by atoms with E-state index >= 15 is 0 Å². The quantitative estimate of drug-likeness (QED) is 0.0712. The van der Waals surface area contributed by atoms with Crippen molar-refractivity contribution in [1.29, 1.82) is 0 Å². The van der Waals surface area contributed by atoms with E-state index in [1.165, 1.54) is 12.1 Å². The van der Waals surface area contributed by atoms with Crippen molar-refractivity contribution < 1.29 is 34.6 Å². The van der Waals surface area contributed by atoms with Gasteiger partial charge in [-0.15, -0.1) is 6.58 Å². The molecule has 47 heavy (non-hydrogen) atoms. The number of nitrogens with zero attached hydrogens (tertiary/aromatic N) is 2. The third kappa shape index (κ3) is 7.53. The van der Waals surface area contributed by atoms with E-state index in [4.69, 9.17) is 19.5 Å². The molecule has 2 aromatic rings. The standard InChI is InChI=1S/C36H46N2O8S/c1-3-19-44-36-33(47-4-2)22-31(37-45-23-24-11-13-26(14-12-24)38(42)43)29-20-25(9-5-7-17-39)28(10-6-8-18-40)34(35(29)36)30-21-27(41)15-16-32(30)46-36/h3,11-16,20-21,25,28,33-35,39-41H,1,4-10,17-19,22-23H2,2H3/t25-,28+,33-,34+,35+,36+/m0/s1. The summed E-state index contributed by atoms with van der Waals surface area (Å²) < 4.78 is 13.8. The Kier molecular flexibility index (Phi) is 12.0. The Morgan fingerprint density at radius 2 is 1.87 bits per heavy atom. The number of hydrogen-bond donors (Lipinski definition) is 3. The van der Waals surface area contributed by atoms with E-state index in [0.29, 0.717) is 31.6 Å². The highest BCUT2D eigenvalue weighted by Crippen LogP contribution is 2.62. The van der Waals surface area contributed by atoms with E-state index in [1.54, 1.807) is 36.0 Å². The zero-order valence-corrected chi connectivity index (χ0v) is 27.8. The minimum atomic E-state index is -1.03. The summed E-state index contributed by atoms with van der Waals surface area (Å²) in [5.74, 6) is 0.648. The molecule has 254 valence electrons. The van der Waals surface area contributed by atoms with Crippen LogP contribution in [0.3, 0.4) is 0 Å². The van der Waals surface area contributed by atoms with Crippen molar-refractivity contribution in [3.63, 3.8) is 0 Å². The number of nitro groups is 1. The predicted octanol–water partition coefficient (Wildman–Crippen LogP) is 6.89. The van der Waals surface area contributed by atoms with Crippen molar-refractivity contribution in [3.8, 4) is 11.5 Å². The molecule has 1 fully saturated rings. The molecule has 11 heteroatoms. The van der Waals surface area contributed by atoms with Crippen LogP contribution in [0, 0.1) is 27.9 Å². The third-order valence-corrected chi connectivity index (χ3v) is 10.8. The SMILES string of the molecule is C=CCO[C@@]12Oc3ccc(O)cc3[C@H]3[C@H](CCCCO)[C@@H](CCCCO)C=C(C(=NOCc4ccc([N+](=O)[O-])cc4)C[C@@H]1SCC)[C@H]32. The molecule has 0 amide bonds. The van der Waals surface area contributed by atoms with Crippen LogP contribution in [0.2, 0.25) is 0 Å². The maximum Gasteiger partial charge on any atom is 0.269 e. The number of aliphatic hydroxyl groups is 2. The molecular formula is C36H46N2O8S. The Hall–Kier alpha value is -3.38. The summed E-state index contributed by atoms with van der Waals surface area (Å²) in [6, 6.07) is 11.6. The lowest BCUT2D eigenvalue weighted by Crippen LogP contribution is -2.64. The molecule has 2 aliphatic carbocycles. The second-order valence-electron chi connectivity index (χ2n) is 12.4.